The Bertz CT molecular complexity index is 452. The van der Waals surface area contributed by atoms with Crippen LogP contribution in [0.4, 0.5) is 8.78 Å². The van der Waals surface area contributed by atoms with E-state index in [9.17, 15) is 13.6 Å². The van der Waals surface area contributed by atoms with Crippen molar-refractivity contribution in [1.82, 2.24) is 5.32 Å². The lowest BCUT2D eigenvalue weighted by molar-refractivity contribution is -0.121. The summed E-state index contributed by atoms with van der Waals surface area (Å²) in [5, 5.41) is 11.8. The lowest BCUT2D eigenvalue weighted by Crippen LogP contribution is -2.40. The third-order valence-electron chi connectivity index (χ3n) is 3.08. The van der Waals surface area contributed by atoms with Crippen molar-refractivity contribution in [1.29, 1.82) is 0 Å². The third kappa shape index (κ3) is 6.53. The van der Waals surface area contributed by atoms with Crippen molar-refractivity contribution in [3.8, 4) is 5.75 Å². The van der Waals surface area contributed by atoms with E-state index in [1.807, 2.05) is 13.8 Å². The summed E-state index contributed by atoms with van der Waals surface area (Å²) in [6.45, 7) is 1.03. The van der Waals surface area contributed by atoms with Crippen molar-refractivity contribution in [2.24, 2.45) is 5.92 Å². The van der Waals surface area contributed by atoms with Crippen molar-refractivity contribution in [3.05, 3.63) is 29.8 Å². The lowest BCUT2D eigenvalue weighted by Gasteiger charge is -2.21. The molecular formula is C15H21F2NO3. The fourth-order valence-corrected chi connectivity index (χ4v) is 1.99. The van der Waals surface area contributed by atoms with Crippen LogP contribution in [0.5, 0.6) is 5.75 Å². The van der Waals surface area contributed by atoms with Crippen molar-refractivity contribution in [3.63, 3.8) is 0 Å². The number of rotatable bonds is 8. The highest BCUT2D eigenvalue weighted by molar-refractivity contribution is 5.79. The first kappa shape index (κ1) is 17.4. The number of hydrogen-bond donors (Lipinski definition) is 2. The number of carbonyl (C=O) groups is 1. The Balaban J connectivity index is 2.61. The molecule has 0 heterocycles. The number of halogens is 2. The summed E-state index contributed by atoms with van der Waals surface area (Å²) in [5.74, 6) is 0.0250. The summed E-state index contributed by atoms with van der Waals surface area (Å²) in [4.78, 5) is 12.0. The van der Waals surface area contributed by atoms with Crippen LogP contribution in [0.3, 0.4) is 0 Å². The second-order valence-corrected chi connectivity index (χ2v) is 5.13. The molecule has 1 aromatic rings. The number of alkyl halides is 2. The van der Waals surface area contributed by atoms with Crippen LogP contribution in [0.2, 0.25) is 0 Å². The fourth-order valence-electron chi connectivity index (χ4n) is 1.99. The van der Waals surface area contributed by atoms with E-state index in [1.165, 1.54) is 12.1 Å². The minimum atomic E-state index is -2.89. The molecule has 6 heteroatoms. The molecular weight excluding hydrogens is 280 g/mol. The van der Waals surface area contributed by atoms with E-state index in [0.29, 0.717) is 12.0 Å². The Morgan fingerprint density at radius 3 is 2.67 bits per heavy atom. The molecule has 4 nitrogen and oxygen atoms in total. The predicted molar refractivity (Wildman–Crippen MR) is 75.2 cm³/mol. The summed E-state index contributed by atoms with van der Waals surface area (Å²) in [6.07, 6.45) is 0.563. The average Bonchev–Trinajstić information content (AvgIpc) is 2.37. The van der Waals surface area contributed by atoms with E-state index < -0.39 is 6.61 Å². The summed E-state index contributed by atoms with van der Waals surface area (Å²) in [6, 6.07) is 5.96. The Labute approximate surface area is 123 Å². The molecule has 0 aliphatic carbocycles. The van der Waals surface area contributed by atoms with E-state index >= 15 is 0 Å². The van der Waals surface area contributed by atoms with Crippen LogP contribution < -0.4 is 10.1 Å². The van der Waals surface area contributed by atoms with Gasteiger partial charge in [0.05, 0.1) is 6.42 Å². The van der Waals surface area contributed by atoms with Gasteiger partial charge in [0.2, 0.25) is 5.91 Å². The molecule has 1 atom stereocenters. The van der Waals surface area contributed by atoms with Crippen LogP contribution in [-0.4, -0.2) is 30.3 Å². The van der Waals surface area contributed by atoms with Gasteiger partial charge in [-0.3, -0.25) is 4.79 Å². The molecule has 1 amide bonds. The quantitative estimate of drug-likeness (QED) is 0.775. The first-order valence-electron chi connectivity index (χ1n) is 6.86. The number of hydrogen-bond acceptors (Lipinski definition) is 3. The first-order chi connectivity index (χ1) is 9.92. The number of nitrogens with one attached hydrogen (secondary N) is 1. The SMILES string of the molecule is CC(C)C(CCO)NC(=O)Cc1cccc(OC(F)F)c1. The molecule has 0 saturated heterocycles. The van der Waals surface area contributed by atoms with Crippen LogP contribution in [0.25, 0.3) is 0 Å². The van der Waals surface area contributed by atoms with E-state index in [4.69, 9.17) is 5.11 Å². The third-order valence-corrected chi connectivity index (χ3v) is 3.08. The molecule has 118 valence electrons. The Morgan fingerprint density at radius 1 is 1.38 bits per heavy atom. The van der Waals surface area contributed by atoms with Gasteiger partial charge < -0.3 is 15.2 Å². The molecule has 0 aromatic heterocycles. The molecule has 0 aliphatic rings. The molecule has 21 heavy (non-hydrogen) atoms. The van der Waals surface area contributed by atoms with Crippen molar-refractivity contribution < 1.29 is 23.4 Å². The van der Waals surface area contributed by atoms with Gasteiger partial charge in [-0.15, -0.1) is 0 Å². The highest BCUT2D eigenvalue weighted by atomic mass is 19.3. The molecule has 0 spiro atoms. The second-order valence-electron chi connectivity index (χ2n) is 5.13. The number of ether oxygens (including phenoxy) is 1. The summed E-state index contributed by atoms with van der Waals surface area (Å²) in [5.41, 5.74) is 0.595. The number of carbonyl (C=O) groups excluding carboxylic acids is 1. The molecule has 2 N–H and O–H groups in total. The van der Waals surface area contributed by atoms with Crippen LogP contribution in [-0.2, 0) is 11.2 Å². The standard InChI is InChI=1S/C15H21F2NO3/c1-10(2)13(6-7-19)18-14(20)9-11-4-3-5-12(8-11)21-15(16)17/h3-5,8,10,13,15,19H,6-7,9H2,1-2H3,(H,18,20). The monoisotopic (exact) mass is 301 g/mol. The molecule has 1 rings (SSSR count). The molecule has 0 aliphatic heterocycles. The van der Waals surface area contributed by atoms with Crippen molar-refractivity contribution >= 4 is 5.91 Å². The van der Waals surface area contributed by atoms with Crippen LogP contribution >= 0.6 is 0 Å². The van der Waals surface area contributed by atoms with Crippen LogP contribution in [0.1, 0.15) is 25.8 Å². The van der Waals surface area contributed by atoms with Crippen molar-refractivity contribution in [2.45, 2.75) is 39.3 Å². The highest BCUT2D eigenvalue weighted by Crippen LogP contribution is 2.16. The van der Waals surface area contributed by atoms with Gasteiger partial charge in [0.1, 0.15) is 5.75 Å². The minimum Gasteiger partial charge on any atom is -0.435 e. The van der Waals surface area contributed by atoms with Crippen molar-refractivity contribution in [2.75, 3.05) is 6.61 Å². The van der Waals surface area contributed by atoms with Gasteiger partial charge in [-0.1, -0.05) is 26.0 Å². The second kappa shape index (κ2) is 8.56. The van der Waals surface area contributed by atoms with Gasteiger partial charge in [0.15, 0.2) is 0 Å². The van der Waals surface area contributed by atoms with Gasteiger partial charge in [-0.25, -0.2) is 0 Å². The molecule has 0 bridgehead atoms. The van der Waals surface area contributed by atoms with Gasteiger partial charge in [0, 0.05) is 12.6 Å². The van der Waals surface area contributed by atoms with E-state index in [0.717, 1.165) is 0 Å². The zero-order valence-corrected chi connectivity index (χ0v) is 12.2. The summed E-state index contributed by atoms with van der Waals surface area (Å²) < 4.78 is 28.6. The largest absolute Gasteiger partial charge is 0.435 e. The highest BCUT2D eigenvalue weighted by Gasteiger charge is 2.16. The van der Waals surface area contributed by atoms with Crippen LogP contribution in [0.15, 0.2) is 24.3 Å². The molecule has 0 fully saturated rings. The zero-order chi connectivity index (χ0) is 15.8. The van der Waals surface area contributed by atoms with E-state index in [2.05, 4.69) is 10.1 Å². The van der Waals surface area contributed by atoms with Crippen LogP contribution in [0, 0.1) is 5.92 Å². The summed E-state index contributed by atoms with van der Waals surface area (Å²) in [7, 11) is 0. The Kier molecular flexibility index (Phi) is 7.08. The molecule has 0 radical (unpaired) electrons. The van der Waals surface area contributed by atoms with E-state index in [1.54, 1.807) is 12.1 Å². The number of amides is 1. The first-order valence-corrected chi connectivity index (χ1v) is 6.86. The topological polar surface area (TPSA) is 58.6 Å². The zero-order valence-electron chi connectivity index (χ0n) is 12.2. The molecule has 0 saturated carbocycles. The fraction of sp³-hybridized carbons (Fsp3) is 0.533. The summed E-state index contributed by atoms with van der Waals surface area (Å²) >= 11 is 0. The Morgan fingerprint density at radius 2 is 2.10 bits per heavy atom. The van der Waals surface area contributed by atoms with Gasteiger partial charge in [-0.05, 0) is 30.0 Å². The maximum Gasteiger partial charge on any atom is 0.387 e. The van der Waals surface area contributed by atoms with Gasteiger partial charge in [-0.2, -0.15) is 8.78 Å². The lowest BCUT2D eigenvalue weighted by atomic mass is 10.0. The average molecular weight is 301 g/mol. The Hall–Kier alpha value is -1.69. The maximum atomic E-state index is 12.1. The molecule has 1 aromatic carbocycles. The van der Waals surface area contributed by atoms with Gasteiger partial charge >= 0.3 is 6.61 Å². The normalized spacial score (nSPS) is 12.5. The maximum absolute atomic E-state index is 12.1. The van der Waals surface area contributed by atoms with E-state index in [-0.39, 0.29) is 36.6 Å². The van der Waals surface area contributed by atoms with Gasteiger partial charge in [0.25, 0.3) is 0 Å². The number of aliphatic hydroxyl groups is 1. The smallest absolute Gasteiger partial charge is 0.387 e. The number of aliphatic hydroxyl groups excluding tert-OH is 1. The predicted octanol–water partition coefficient (Wildman–Crippen LogP) is 2.35. The number of benzene rings is 1. The minimum absolute atomic E-state index is 0.000834. The molecule has 1 unspecified atom stereocenters.